The lowest BCUT2D eigenvalue weighted by atomic mass is 9.98. The number of fused-ring (bicyclic) bond motifs is 1. The third-order valence-electron chi connectivity index (χ3n) is 6.85. The molecule has 3 heteroatoms. The van der Waals surface area contributed by atoms with Gasteiger partial charge in [0, 0.05) is 23.2 Å². The van der Waals surface area contributed by atoms with Crippen molar-refractivity contribution in [3.8, 4) is 28.0 Å². The van der Waals surface area contributed by atoms with E-state index >= 15 is 0 Å². The molecule has 3 aromatic carbocycles. The zero-order chi connectivity index (χ0) is 23.2. The highest BCUT2D eigenvalue weighted by Crippen LogP contribution is 2.38. The lowest BCUT2D eigenvalue weighted by Gasteiger charge is -2.24. The summed E-state index contributed by atoms with van der Waals surface area (Å²) < 4.78 is 6.57. The predicted molar refractivity (Wildman–Crippen MR) is 142 cm³/mol. The molecule has 1 fully saturated rings. The maximum Gasteiger partial charge on any atom is 0.138 e. The van der Waals surface area contributed by atoms with Crippen molar-refractivity contribution in [3.63, 3.8) is 0 Å². The SMILES string of the molecule is CCCc1ccc(-c2ccc3ncc(-c4ccccc4)c(OCCC4CCCCN4)c3c2)cc1. The van der Waals surface area contributed by atoms with E-state index in [1.165, 1.54) is 42.4 Å². The van der Waals surface area contributed by atoms with Crippen molar-refractivity contribution in [1.29, 1.82) is 0 Å². The standard InChI is InChI=1S/C31H34N2O/c1-2-8-23-12-14-24(15-13-23)26-16-17-30-28(21-26)31(34-20-18-27-11-6-7-19-32-27)29(22-33-30)25-9-4-3-5-10-25/h3-5,9-10,12-17,21-22,27,32H,2,6-8,11,18-20H2,1H3. The number of hydrogen-bond donors (Lipinski definition) is 1. The number of aryl methyl sites for hydroxylation is 1. The molecule has 0 amide bonds. The summed E-state index contributed by atoms with van der Waals surface area (Å²) in [7, 11) is 0. The van der Waals surface area contributed by atoms with Crippen LogP contribution in [0.2, 0.25) is 0 Å². The maximum absolute atomic E-state index is 6.57. The van der Waals surface area contributed by atoms with Gasteiger partial charge in [-0.05, 0) is 66.6 Å². The number of nitrogens with zero attached hydrogens (tertiary/aromatic N) is 1. The molecule has 1 saturated heterocycles. The fraction of sp³-hybridized carbons (Fsp3) is 0.323. The van der Waals surface area contributed by atoms with Crippen molar-refractivity contribution in [1.82, 2.24) is 10.3 Å². The second-order valence-corrected chi connectivity index (χ2v) is 9.33. The number of rotatable bonds is 8. The summed E-state index contributed by atoms with van der Waals surface area (Å²) >= 11 is 0. The largest absolute Gasteiger partial charge is 0.492 e. The van der Waals surface area contributed by atoms with Gasteiger partial charge in [-0.1, -0.05) is 80.4 Å². The van der Waals surface area contributed by atoms with E-state index in [2.05, 4.69) is 79.0 Å². The van der Waals surface area contributed by atoms with Crippen LogP contribution in [0, 0.1) is 0 Å². The van der Waals surface area contributed by atoms with Gasteiger partial charge in [-0.15, -0.1) is 0 Å². The summed E-state index contributed by atoms with van der Waals surface area (Å²) in [5.41, 5.74) is 6.97. The van der Waals surface area contributed by atoms with Crippen molar-refractivity contribution in [2.75, 3.05) is 13.2 Å². The minimum absolute atomic E-state index is 0.555. The number of ether oxygens (including phenoxy) is 1. The first-order valence-corrected chi connectivity index (χ1v) is 12.8. The van der Waals surface area contributed by atoms with Crippen LogP contribution in [0.15, 0.2) is 79.0 Å². The molecular formula is C31H34N2O. The topological polar surface area (TPSA) is 34.1 Å². The van der Waals surface area contributed by atoms with Gasteiger partial charge >= 0.3 is 0 Å². The Morgan fingerprint density at radius 2 is 1.74 bits per heavy atom. The monoisotopic (exact) mass is 450 g/mol. The highest BCUT2D eigenvalue weighted by atomic mass is 16.5. The van der Waals surface area contributed by atoms with Gasteiger partial charge in [0.2, 0.25) is 0 Å². The van der Waals surface area contributed by atoms with Gasteiger partial charge in [-0.3, -0.25) is 4.98 Å². The molecule has 34 heavy (non-hydrogen) atoms. The molecule has 1 N–H and O–H groups in total. The van der Waals surface area contributed by atoms with E-state index in [4.69, 9.17) is 9.72 Å². The average Bonchev–Trinajstić information content (AvgIpc) is 2.90. The average molecular weight is 451 g/mol. The molecular weight excluding hydrogens is 416 g/mol. The quantitative estimate of drug-likeness (QED) is 0.303. The van der Waals surface area contributed by atoms with Gasteiger partial charge in [-0.25, -0.2) is 0 Å². The molecule has 0 aliphatic carbocycles. The molecule has 174 valence electrons. The Morgan fingerprint density at radius 3 is 2.50 bits per heavy atom. The van der Waals surface area contributed by atoms with E-state index in [9.17, 15) is 0 Å². The van der Waals surface area contributed by atoms with Crippen LogP contribution in [0.4, 0.5) is 0 Å². The summed E-state index contributed by atoms with van der Waals surface area (Å²) in [6, 6.07) is 26.5. The highest BCUT2D eigenvalue weighted by Gasteiger charge is 2.16. The van der Waals surface area contributed by atoms with Crippen molar-refractivity contribution < 1.29 is 4.74 Å². The Hall–Kier alpha value is -3.17. The van der Waals surface area contributed by atoms with Crippen molar-refractivity contribution in [2.24, 2.45) is 0 Å². The maximum atomic E-state index is 6.57. The van der Waals surface area contributed by atoms with Crippen LogP contribution in [0.1, 0.15) is 44.6 Å². The zero-order valence-electron chi connectivity index (χ0n) is 20.1. The first-order valence-electron chi connectivity index (χ1n) is 12.8. The molecule has 0 radical (unpaired) electrons. The molecule has 0 spiro atoms. The Bertz CT molecular complexity index is 1210. The van der Waals surface area contributed by atoms with E-state index < -0.39 is 0 Å². The van der Waals surface area contributed by atoms with E-state index in [0.29, 0.717) is 12.6 Å². The third kappa shape index (κ3) is 5.15. The van der Waals surface area contributed by atoms with Gasteiger partial charge in [0.05, 0.1) is 12.1 Å². The van der Waals surface area contributed by atoms with E-state index in [0.717, 1.165) is 47.2 Å². The molecule has 2 heterocycles. The number of benzene rings is 3. The van der Waals surface area contributed by atoms with Crippen LogP contribution in [0.3, 0.4) is 0 Å². The molecule has 4 aromatic rings. The molecule has 1 aliphatic heterocycles. The summed E-state index contributed by atoms with van der Waals surface area (Å²) in [6.45, 7) is 4.05. The smallest absolute Gasteiger partial charge is 0.138 e. The summed E-state index contributed by atoms with van der Waals surface area (Å²) in [5, 5.41) is 4.72. The zero-order valence-corrected chi connectivity index (χ0v) is 20.1. The Kier molecular flexibility index (Phi) is 7.21. The van der Waals surface area contributed by atoms with E-state index in [1.807, 2.05) is 12.3 Å². The molecule has 1 atom stereocenters. The first-order chi connectivity index (χ1) is 16.8. The van der Waals surface area contributed by atoms with Crippen molar-refractivity contribution in [3.05, 3.63) is 84.6 Å². The number of aromatic nitrogens is 1. The van der Waals surface area contributed by atoms with Crippen LogP contribution in [0.25, 0.3) is 33.2 Å². The molecule has 1 unspecified atom stereocenters. The van der Waals surface area contributed by atoms with Gasteiger partial charge in [0.25, 0.3) is 0 Å². The summed E-state index contributed by atoms with van der Waals surface area (Å²) in [5.74, 6) is 0.941. The molecule has 3 nitrogen and oxygen atoms in total. The molecule has 1 aliphatic rings. The van der Waals surface area contributed by atoms with Crippen LogP contribution in [0.5, 0.6) is 5.75 Å². The highest BCUT2D eigenvalue weighted by molar-refractivity contribution is 5.94. The lowest BCUT2D eigenvalue weighted by molar-refractivity contribution is 0.271. The molecule has 1 aromatic heterocycles. The minimum Gasteiger partial charge on any atom is -0.492 e. The van der Waals surface area contributed by atoms with E-state index in [-0.39, 0.29) is 0 Å². The van der Waals surface area contributed by atoms with Crippen LogP contribution < -0.4 is 10.1 Å². The molecule has 0 bridgehead atoms. The van der Waals surface area contributed by atoms with Gasteiger partial charge in [0.15, 0.2) is 0 Å². The number of piperidine rings is 1. The minimum atomic E-state index is 0.555. The lowest BCUT2D eigenvalue weighted by Crippen LogP contribution is -2.35. The second kappa shape index (κ2) is 10.8. The van der Waals surface area contributed by atoms with Crippen LogP contribution in [-0.2, 0) is 6.42 Å². The Labute approximate surface area is 203 Å². The first kappa shape index (κ1) is 22.6. The fourth-order valence-electron chi connectivity index (χ4n) is 4.95. The van der Waals surface area contributed by atoms with Gasteiger partial charge in [-0.2, -0.15) is 0 Å². The number of pyridine rings is 1. The predicted octanol–water partition coefficient (Wildman–Crippen LogP) is 7.43. The van der Waals surface area contributed by atoms with Crippen molar-refractivity contribution >= 4 is 10.9 Å². The van der Waals surface area contributed by atoms with Crippen molar-refractivity contribution in [2.45, 2.75) is 51.5 Å². The number of nitrogens with one attached hydrogen (secondary N) is 1. The Morgan fingerprint density at radius 1 is 0.912 bits per heavy atom. The Balaban J connectivity index is 1.51. The third-order valence-corrected chi connectivity index (χ3v) is 6.85. The molecule has 0 saturated carbocycles. The normalized spacial score (nSPS) is 16.0. The summed E-state index contributed by atoms with van der Waals surface area (Å²) in [6.07, 6.45) is 9.11. The van der Waals surface area contributed by atoms with Crippen LogP contribution in [-0.4, -0.2) is 24.2 Å². The van der Waals surface area contributed by atoms with Gasteiger partial charge in [0.1, 0.15) is 5.75 Å². The van der Waals surface area contributed by atoms with Crippen LogP contribution >= 0.6 is 0 Å². The second-order valence-electron chi connectivity index (χ2n) is 9.33. The molecule has 5 rings (SSSR count). The summed E-state index contributed by atoms with van der Waals surface area (Å²) in [4.78, 5) is 4.80. The van der Waals surface area contributed by atoms with Gasteiger partial charge < -0.3 is 10.1 Å². The fourth-order valence-corrected chi connectivity index (χ4v) is 4.95. The van der Waals surface area contributed by atoms with E-state index in [1.54, 1.807) is 0 Å². The number of hydrogen-bond acceptors (Lipinski definition) is 3.